The minimum absolute atomic E-state index is 0.425. The second-order valence-corrected chi connectivity index (χ2v) is 6.71. The number of hydrogen-bond acceptors (Lipinski definition) is 1. The molecule has 1 saturated carbocycles. The Bertz CT molecular complexity index is 582. The molecular weight excluding hydrogens is 312 g/mol. The van der Waals surface area contributed by atoms with Crippen LogP contribution in [-0.4, -0.2) is 15.1 Å². The molecule has 2 aromatic rings. The first-order chi connectivity index (χ1) is 9.78. The van der Waals surface area contributed by atoms with Crippen LogP contribution in [0.3, 0.4) is 0 Å². The molecule has 3 heteroatoms. The van der Waals surface area contributed by atoms with Crippen molar-refractivity contribution in [2.45, 2.75) is 52.0 Å². The maximum atomic E-state index is 4.89. The van der Waals surface area contributed by atoms with Gasteiger partial charge < -0.3 is 0 Å². The molecule has 0 atom stereocenters. The number of para-hydroxylation sites is 1. The highest BCUT2D eigenvalue weighted by atomic mass is 79.9. The minimum Gasteiger partial charge on any atom is -0.265 e. The van der Waals surface area contributed by atoms with Crippen molar-refractivity contribution in [1.82, 2.24) is 9.78 Å². The molecule has 1 aliphatic rings. The molecule has 0 unspecified atom stereocenters. The average Bonchev–Trinajstić information content (AvgIpc) is 2.86. The van der Waals surface area contributed by atoms with E-state index in [1.807, 2.05) is 0 Å². The lowest BCUT2D eigenvalue weighted by atomic mass is 9.72. The number of rotatable bonds is 4. The third kappa shape index (κ3) is 2.52. The van der Waals surface area contributed by atoms with Gasteiger partial charge in [0, 0.05) is 17.3 Å². The van der Waals surface area contributed by atoms with Crippen LogP contribution in [0.4, 0.5) is 0 Å². The van der Waals surface area contributed by atoms with Gasteiger partial charge in [-0.15, -0.1) is 0 Å². The van der Waals surface area contributed by atoms with Crippen LogP contribution >= 0.6 is 15.9 Å². The Morgan fingerprint density at radius 3 is 2.65 bits per heavy atom. The van der Waals surface area contributed by atoms with Gasteiger partial charge in [-0.05, 0) is 37.7 Å². The summed E-state index contributed by atoms with van der Waals surface area (Å²) < 4.78 is 2.15. The van der Waals surface area contributed by atoms with E-state index in [0.29, 0.717) is 5.41 Å². The summed E-state index contributed by atoms with van der Waals surface area (Å²) in [6, 6.07) is 8.67. The van der Waals surface area contributed by atoms with Crippen LogP contribution in [0.25, 0.3) is 10.9 Å². The van der Waals surface area contributed by atoms with E-state index in [1.54, 1.807) is 0 Å². The van der Waals surface area contributed by atoms with Gasteiger partial charge in [0.25, 0.3) is 0 Å². The summed E-state index contributed by atoms with van der Waals surface area (Å²) in [7, 11) is 0. The SMILES string of the molecule is CCn1nc(CC2(CBr)CCCCC2)c2ccccc21. The van der Waals surface area contributed by atoms with Gasteiger partial charge in [-0.25, -0.2) is 0 Å². The fourth-order valence-electron chi connectivity index (χ4n) is 3.58. The van der Waals surface area contributed by atoms with Crippen molar-refractivity contribution in [3.63, 3.8) is 0 Å². The minimum atomic E-state index is 0.425. The zero-order chi connectivity index (χ0) is 14.0. The standard InChI is InChI=1S/C17H23BrN2/c1-2-20-16-9-5-4-8-14(16)15(19-20)12-17(13-18)10-6-3-7-11-17/h4-5,8-9H,2-3,6-7,10-13H2,1H3. The largest absolute Gasteiger partial charge is 0.265 e. The second-order valence-electron chi connectivity index (χ2n) is 6.15. The summed E-state index contributed by atoms with van der Waals surface area (Å²) in [5.41, 5.74) is 3.00. The third-order valence-electron chi connectivity index (χ3n) is 4.77. The number of aromatic nitrogens is 2. The predicted octanol–water partition coefficient (Wildman–Crippen LogP) is 4.94. The van der Waals surface area contributed by atoms with E-state index in [-0.39, 0.29) is 0 Å². The molecule has 3 rings (SSSR count). The van der Waals surface area contributed by atoms with Gasteiger partial charge in [-0.1, -0.05) is 53.4 Å². The zero-order valence-electron chi connectivity index (χ0n) is 12.2. The maximum absolute atomic E-state index is 4.89. The molecule has 0 bridgehead atoms. The van der Waals surface area contributed by atoms with Crippen LogP contribution in [-0.2, 0) is 13.0 Å². The lowest BCUT2D eigenvalue weighted by molar-refractivity contribution is 0.221. The van der Waals surface area contributed by atoms with Crippen molar-refractivity contribution in [2.75, 3.05) is 5.33 Å². The van der Waals surface area contributed by atoms with Gasteiger partial charge >= 0.3 is 0 Å². The first kappa shape index (κ1) is 14.1. The predicted molar refractivity (Wildman–Crippen MR) is 88.4 cm³/mol. The Morgan fingerprint density at radius 2 is 1.95 bits per heavy atom. The molecule has 20 heavy (non-hydrogen) atoms. The fraction of sp³-hybridized carbons (Fsp3) is 0.588. The molecule has 0 aliphatic heterocycles. The van der Waals surface area contributed by atoms with E-state index >= 15 is 0 Å². The molecule has 1 aromatic heterocycles. The third-order valence-corrected chi connectivity index (χ3v) is 5.96. The molecule has 1 heterocycles. The topological polar surface area (TPSA) is 17.8 Å². The van der Waals surface area contributed by atoms with Crippen LogP contribution in [0.2, 0.25) is 0 Å². The van der Waals surface area contributed by atoms with Gasteiger partial charge in [0.05, 0.1) is 11.2 Å². The van der Waals surface area contributed by atoms with Crippen LogP contribution in [0.15, 0.2) is 24.3 Å². The second kappa shape index (κ2) is 5.88. The number of fused-ring (bicyclic) bond motifs is 1. The molecule has 0 radical (unpaired) electrons. The van der Waals surface area contributed by atoms with Crippen molar-refractivity contribution in [3.05, 3.63) is 30.0 Å². The summed E-state index contributed by atoms with van der Waals surface area (Å²) in [6.07, 6.45) is 7.94. The number of aryl methyl sites for hydroxylation is 1. The number of nitrogens with zero attached hydrogens (tertiary/aromatic N) is 2. The van der Waals surface area contributed by atoms with E-state index in [9.17, 15) is 0 Å². The molecule has 0 spiro atoms. The van der Waals surface area contributed by atoms with Crippen LogP contribution in [0, 0.1) is 5.41 Å². The Morgan fingerprint density at radius 1 is 1.20 bits per heavy atom. The molecule has 0 amide bonds. The Labute approximate surface area is 129 Å². The number of hydrogen-bond donors (Lipinski definition) is 0. The molecule has 1 aromatic carbocycles. The Kier molecular flexibility index (Phi) is 4.16. The zero-order valence-corrected chi connectivity index (χ0v) is 13.8. The van der Waals surface area contributed by atoms with Crippen LogP contribution in [0.5, 0.6) is 0 Å². The van der Waals surface area contributed by atoms with Gasteiger partial charge in [0.15, 0.2) is 0 Å². The van der Waals surface area contributed by atoms with Crippen molar-refractivity contribution < 1.29 is 0 Å². The number of alkyl halides is 1. The fourth-order valence-corrected chi connectivity index (χ4v) is 4.34. The monoisotopic (exact) mass is 334 g/mol. The van der Waals surface area contributed by atoms with E-state index in [0.717, 1.165) is 18.3 Å². The maximum Gasteiger partial charge on any atom is 0.0709 e. The molecule has 0 N–H and O–H groups in total. The van der Waals surface area contributed by atoms with Crippen molar-refractivity contribution in [2.24, 2.45) is 5.41 Å². The first-order valence-electron chi connectivity index (χ1n) is 7.78. The van der Waals surface area contributed by atoms with E-state index in [1.165, 1.54) is 48.7 Å². The van der Waals surface area contributed by atoms with Crippen molar-refractivity contribution in [1.29, 1.82) is 0 Å². The molecule has 108 valence electrons. The van der Waals surface area contributed by atoms with Gasteiger partial charge in [-0.3, -0.25) is 4.68 Å². The highest BCUT2D eigenvalue weighted by Gasteiger charge is 2.32. The van der Waals surface area contributed by atoms with E-state index < -0.39 is 0 Å². The summed E-state index contributed by atoms with van der Waals surface area (Å²) in [5.74, 6) is 0. The van der Waals surface area contributed by atoms with E-state index in [4.69, 9.17) is 5.10 Å². The lowest BCUT2D eigenvalue weighted by Crippen LogP contribution is -2.28. The van der Waals surface area contributed by atoms with Crippen LogP contribution < -0.4 is 0 Å². The molecule has 0 saturated heterocycles. The smallest absolute Gasteiger partial charge is 0.0709 e. The van der Waals surface area contributed by atoms with Gasteiger partial charge in [0.2, 0.25) is 0 Å². The molecular formula is C17H23BrN2. The highest BCUT2D eigenvalue weighted by Crippen LogP contribution is 2.41. The lowest BCUT2D eigenvalue weighted by Gasteiger charge is -2.35. The summed E-state index contributed by atoms with van der Waals surface area (Å²) in [5, 5.41) is 7.34. The van der Waals surface area contributed by atoms with Crippen LogP contribution in [0.1, 0.15) is 44.7 Å². The number of halogens is 1. The Hall–Kier alpha value is -0.830. The first-order valence-corrected chi connectivity index (χ1v) is 8.90. The quantitative estimate of drug-likeness (QED) is 0.723. The summed E-state index contributed by atoms with van der Waals surface area (Å²) in [6.45, 7) is 3.12. The summed E-state index contributed by atoms with van der Waals surface area (Å²) in [4.78, 5) is 0. The molecule has 1 fully saturated rings. The summed E-state index contributed by atoms with van der Waals surface area (Å²) >= 11 is 3.78. The Balaban J connectivity index is 1.97. The normalized spacial score (nSPS) is 18.5. The van der Waals surface area contributed by atoms with E-state index in [2.05, 4.69) is 51.8 Å². The molecule has 2 nitrogen and oxygen atoms in total. The van der Waals surface area contributed by atoms with Crippen molar-refractivity contribution in [3.8, 4) is 0 Å². The average molecular weight is 335 g/mol. The molecule has 1 aliphatic carbocycles. The number of benzene rings is 1. The van der Waals surface area contributed by atoms with Crippen molar-refractivity contribution >= 4 is 26.8 Å². The highest BCUT2D eigenvalue weighted by molar-refractivity contribution is 9.09. The van der Waals surface area contributed by atoms with Gasteiger partial charge in [0.1, 0.15) is 0 Å². The van der Waals surface area contributed by atoms with Gasteiger partial charge in [-0.2, -0.15) is 5.10 Å².